The normalized spacial score (nSPS) is 27.0. The number of hydrogen-bond acceptors (Lipinski definition) is 5. The summed E-state index contributed by atoms with van der Waals surface area (Å²) >= 11 is 0. The van der Waals surface area contributed by atoms with Crippen LogP contribution in [-0.2, 0) is 16.1 Å². The average Bonchev–Trinajstić information content (AvgIpc) is 2.82. The van der Waals surface area contributed by atoms with E-state index in [4.69, 9.17) is 4.74 Å². The summed E-state index contributed by atoms with van der Waals surface area (Å²) in [7, 11) is 0. The fraction of sp³-hybridized carbons (Fsp3) is 0.400. The van der Waals surface area contributed by atoms with Crippen molar-refractivity contribution >= 4 is 11.8 Å². The highest BCUT2D eigenvalue weighted by molar-refractivity contribution is 5.99. The number of nitrogens with one attached hydrogen (secondary N) is 2. The number of rotatable bonds is 3. The van der Waals surface area contributed by atoms with E-state index in [9.17, 15) is 14.7 Å². The molecule has 144 valence electrons. The van der Waals surface area contributed by atoms with Gasteiger partial charge in [-0.25, -0.2) is 0 Å². The van der Waals surface area contributed by atoms with Gasteiger partial charge in [0.1, 0.15) is 18.0 Å². The second-order valence-corrected chi connectivity index (χ2v) is 6.80. The molecule has 7 nitrogen and oxygen atoms in total. The number of ether oxygens (including phenoxy) is 1. The minimum atomic E-state index is -0.975. The largest absolute Gasteiger partial charge is 0.508 e. The van der Waals surface area contributed by atoms with Crippen LogP contribution in [0.3, 0.4) is 0 Å². The topological polar surface area (TPSA) is 90.9 Å². The molecule has 7 heteroatoms. The van der Waals surface area contributed by atoms with Crippen molar-refractivity contribution < 1.29 is 19.4 Å². The Morgan fingerprint density at radius 1 is 1.26 bits per heavy atom. The van der Waals surface area contributed by atoms with Gasteiger partial charge in [-0.05, 0) is 30.2 Å². The summed E-state index contributed by atoms with van der Waals surface area (Å²) in [6, 6.07) is 4.74. The maximum atomic E-state index is 13.0. The van der Waals surface area contributed by atoms with E-state index in [-0.39, 0.29) is 50.9 Å². The van der Waals surface area contributed by atoms with Crippen LogP contribution in [-0.4, -0.2) is 47.4 Å². The van der Waals surface area contributed by atoms with Crippen molar-refractivity contribution in [1.82, 2.24) is 15.5 Å². The maximum Gasteiger partial charge on any atom is 0.254 e. The van der Waals surface area contributed by atoms with E-state index in [0.717, 1.165) is 5.56 Å². The van der Waals surface area contributed by atoms with Gasteiger partial charge < -0.3 is 20.1 Å². The first-order valence-electron chi connectivity index (χ1n) is 8.66. The number of nitrogens with zero attached hydrogens (tertiary/aromatic N) is 1. The number of carbonyl (C=O) groups is 2. The first-order chi connectivity index (χ1) is 12.6. The molecule has 1 aliphatic carbocycles. The quantitative estimate of drug-likeness (QED) is 0.749. The van der Waals surface area contributed by atoms with Crippen LogP contribution >= 0.6 is 0 Å². The first-order valence-corrected chi connectivity index (χ1v) is 8.66. The van der Waals surface area contributed by atoms with Crippen molar-refractivity contribution in [2.45, 2.75) is 25.9 Å². The molecule has 0 bridgehead atoms. The Hall–Kier alpha value is -2.64. The fourth-order valence-electron chi connectivity index (χ4n) is 3.87. The molecule has 1 aromatic carbocycles. The monoisotopic (exact) mass is 371 g/mol. The summed E-state index contributed by atoms with van der Waals surface area (Å²) in [6.45, 7) is 0.955. The van der Waals surface area contributed by atoms with Gasteiger partial charge in [-0.1, -0.05) is 31.7 Å². The Balaban J connectivity index is 0.00000210. The van der Waals surface area contributed by atoms with Crippen LogP contribution in [0.15, 0.2) is 42.5 Å². The van der Waals surface area contributed by atoms with Crippen molar-refractivity contribution in [2.24, 2.45) is 5.92 Å². The van der Waals surface area contributed by atoms with E-state index in [0.29, 0.717) is 18.5 Å². The lowest BCUT2D eigenvalue weighted by molar-refractivity contribution is -0.129. The molecule has 3 N–H and O–H groups in total. The SMILES string of the molecule is C.O=C1c2ccc(O)cc2CN1CC1(C2C=CC=CC2)NCOCNC1=O. The minimum Gasteiger partial charge on any atom is -0.508 e. The molecule has 2 aliphatic heterocycles. The van der Waals surface area contributed by atoms with Gasteiger partial charge in [0.15, 0.2) is 0 Å². The average molecular weight is 371 g/mol. The number of fused-ring (bicyclic) bond motifs is 1. The summed E-state index contributed by atoms with van der Waals surface area (Å²) in [5, 5.41) is 15.7. The number of allylic oxidation sites excluding steroid dienone is 3. The van der Waals surface area contributed by atoms with Crippen LogP contribution in [0.25, 0.3) is 0 Å². The molecule has 0 saturated carbocycles. The molecule has 2 atom stereocenters. The highest BCUT2D eigenvalue weighted by Gasteiger charge is 2.48. The maximum absolute atomic E-state index is 13.0. The van der Waals surface area contributed by atoms with E-state index in [1.54, 1.807) is 17.0 Å². The van der Waals surface area contributed by atoms with Crippen molar-refractivity contribution in [3.63, 3.8) is 0 Å². The van der Waals surface area contributed by atoms with Gasteiger partial charge in [0.25, 0.3) is 5.91 Å². The third kappa shape index (κ3) is 3.36. The smallest absolute Gasteiger partial charge is 0.254 e. The van der Waals surface area contributed by atoms with Gasteiger partial charge in [0.05, 0.1) is 6.73 Å². The zero-order chi connectivity index (χ0) is 18.1. The molecule has 2 amide bonds. The molecule has 2 unspecified atom stereocenters. The molecule has 1 fully saturated rings. The summed E-state index contributed by atoms with van der Waals surface area (Å²) in [4.78, 5) is 27.4. The molecule has 4 rings (SSSR count). The fourth-order valence-corrected chi connectivity index (χ4v) is 3.87. The summed E-state index contributed by atoms with van der Waals surface area (Å²) in [6.07, 6.45) is 8.60. The molecule has 1 saturated heterocycles. The summed E-state index contributed by atoms with van der Waals surface area (Å²) in [5.74, 6) is -0.271. The Kier molecular flexibility index (Phi) is 5.34. The third-order valence-corrected chi connectivity index (χ3v) is 5.25. The molecule has 0 aromatic heterocycles. The Labute approximate surface area is 158 Å². The van der Waals surface area contributed by atoms with Crippen LogP contribution in [0.5, 0.6) is 5.75 Å². The zero-order valence-electron chi connectivity index (χ0n) is 14.3. The number of benzene rings is 1. The number of amides is 2. The van der Waals surface area contributed by atoms with Crippen LogP contribution in [0.4, 0.5) is 0 Å². The second kappa shape index (κ2) is 7.54. The molecule has 2 heterocycles. The third-order valence-electron chi connectivity index (χ3n) is 5.25. The summed E-state index contributed by atoms with van der Waals surface area (Å²) < 4.78 is 5.36. The molecule has 0 spiro atoms. The van der Waals surface area contributed by atoms with E-state index < -0.39 is 5.54 Å². The van der Waals surface area contributed by atoms with E-state index in [2.05, 4.69) is 10.6 Å². The molecule has 3 aliphatic rings. The predicted octanol–water partition coefficient (Wildman–Crippen LogP) is 1.51. The molecule has 1 aromatic rings. The predicted molar refractivity (Wildman–Crippen MR) is 101 cm³/mol. The molecule has 27 heavy (non-hydrogen) atoms. The minimum absolute atomic E-state index is 0. The number of phenols is 1. The molecular formula is C20H25N3O4. The molecular weight excluding hydrogens is 346 g/mol. The van der Waals surface area contributed by atoms with Crippen molar-refractivity contribution in [2.75, 3.05) is 20.0 Å². The van der Waals surface area contributed by atoms with Gasteiger partial charge in [-0.2, -0.15) is 0 Å². The van der Waals surface area contributed by atoms with E-state index >= 15 is 0 Å². The Morgan fingerprint density at radius 2 is 2.11 bits per heavy atom. The van der Waals surface area contributed by atoms with E-state index in [1.807, 2.05) is 24.3 Å². The van der Waals surface area contributed by atoms with Gasteiger partial charge in [0, 0.05) is 24.6 Å². The van der Waals surface area contributed by atoms with Crippen molar-refractivity contribution in [1.29, 1.82) is 0 Å². The second-order valence-electron chi connectivity index (χ2n) is 6.80. The highest BCUT2D eigenvalue weighted by atomic mass is 16.5. The molecule has 0 radical (unpaired) electrons. The van der Waals surface area contributed by atoms with Gasteiger partial charge in [-0.15, -0.1) is 0 Å². The van der Waals surface area contributed by atoms with Gasteiger partial charge in [0.2, 0.25) is 5.91 Å². The lowest BCUT2D eigenvalue weighted by Gasteiger charge is -2.40. The van der Waals surface area contributed by atoms with E-state index in [1.165, 1.54) is 6.07 Å². The first kappa shape index (κ1) is 19.1. The highest BCUT2D eigenvalue weighted by Crippen LogP contribution is 2.32. The van der Waals surface area contributed by atoms with Crippen molar-refractivity contribution in [3.05, 3.63) is 53.6 Å². The lowest BCUT2D eigenvalue weighted by atomic mass is 9.78. The van der Waals surface area contributed by atoms with Crippen LogP contribution < -0.4 is 10.6 Å². The van der Waals surface area contributed by atoms with Crippen LogP contribution in [0, 0.1) is 5.92 Å². The summed E-state index contributed by atoms with van der Waals surface area (Å²) in [5.41, 5.74) is 0.370. The van der Waals surface area contributed by atoms with Gasteiger partial charge in [-0.3, -0.25) is 14.9 Å². The number of hydrogen-bond donors (Lipinski definition) is 3. The number of phenolic OH excluding ortho intramolecular Hbond substituents is 1. The Morgan fingerprint density at radius 3 is 2.89 bits per heavy atom. The standard InChI is InChI=1S/C19H21N3O4.CH4/c23-15-6-7-16-13(8-15)9-22(17(16)24)10-19(14-4-2-1-3-5-14)18(25)20-11-26-12-21-19;/h1-4,6-8,14,21,23H,5,9-12H2,(H,20,25);1H4. The zero-order valence-corrected chi connectivity index (χ0v) is 14.3. The Bertz CT molecular complexity index is 804. The number of aromatic hydroxyl groups is 1. The lowest BCUT2D eigenvalue weighted by Crippen LogP contribution is -2.65. The number of carbonyl (C=O) groups excluding carboxylic acids is 2. The van der Waals surface area contributed by atoms with Gasteiger partial charge >= 0.3 is 0 Å². The van der Waals surface area contributed by atoms with Crippen LogP contribution in [0.2, 0.25) is 0 Å². The van der Waals surface area contributed by atoms with Crippen LogP contribution in [0.1, 0.15) is 29.8 Å². The van der Waals surface area contributed by atoms with Crippen molar-refractivity contribution in [3.8, 4) is 5.75 Å².